The van der Waals surface area contributed by atoms with Gasteiger partial charge in [-0.05, 0) is 47.0 Å². The summed E-state index contributed by atoms with van der Waals surface area (Å²) in [5.74, 6) is 1.13. The van der Waals surface area contributed by atoms with Gasteiger partial charge in [-0.15, -0.1) is 0 Å². The Morgan fingerprint density at radius 3 is 3.00 bits per heavy atom. The third-order valence-corrected chi connectivity index (χ3v) is 4.74. The summed E-state index contributed by atoms with van der Waals surface area (Å²) >= 11 is 3.17. The summed E-state index contributed by atoms with van der Waals surface area (Å²) in [5, 5.41) is 3.33. The highest BCUT2D eigenvalue weighted by atomic mass is 79.9. The van der Waals surface area contributed by atoms with Crippen LogP contribution in [0.3, 0.4) is 0 Å². The number of likely N-dealkylation sites (tertiary alicyclic amines) is 1. The van der Waals surface area contributed by atoms with Gasteiger partial charge in [-0.1, -0.05) is 6.07 Å². The number of benzene rings is 1. The predicted octanol–water partition coefficient (Wildman–Crippen LogP) is 3.04. The third kappa shape index (κ3) is 6.56. The van der Waals surface area contributed by atoms with Crippen LogP contribution in [0.25, 0.3) is 0 Å². The molecule has 1 atom stereocenters. The Hall–Kier alpha value is -1.18. The maximum Gasteiger partial charge on any atom is 0.194 e. The molecule has 1 N–H and O–H groups in total. The Kier molecular flexibility index (Phi) is 8.64. The minimum atomic E-state index is -0.257. The quantitative estimate of drug-likeness (QED) is 0.402. The molecule has 0 radical (unpaired) electrons. The molecule has 1 unspecified atom stereocenters. The molecule has 1 heterocycles. The second-order valence-corrected chi connectivity index (χ2v) is 6.94. The molecule has 5 nitrogen and oxygen atoms in total. The van der Waals surface area contributed by atoms with Crippen molar-refractivity contribution in [3.05, 3.63) is 34.1 Å². The average molecular weight is 416 g/mol. The van der Waals surface area contributed by atoms with Crippen LogP contribution in [-0.2, 0) is 16.0 Å². The van der Waals surface area contributed by atoms with E-state index >= 15 is 0 Å². The molecule has 1 aliphatic heterocycles. The van der Waals surface area contributed by atoms with E-state index in [4.69, 9.17) is 9.47 Å². The summed E-state index contributed by atoms with van der Waals surface area (Å²) in [6.07, 6.45) is 1.09. The van der Waals surface area contributed by atoms with E-state index in [1.54, 1.807) is 13.2 Å². The summed E-state index contributed by atoms with van der Waals surface area (Å²) in [5.41, 5.74) is 0.856. The molecule has 0 aromatic heterocycles. The zero-order valence-electron chi connectivity index (χ0n) is 14.9. The van der Waals surface area contributed by atoms with Crippen LogP contribution in [0.5, 0.6) is 0 Å². The van der Waals surface area contributed by atoms with Gasteiger partial charge < -0.3 is 19.7 Å². The van der Waals surface area contributed by atoms with Gasteiger partial charge in [0.05, 0.1) is 30.8 Å². The van der Waals surface area contributed by atoms with Crippen LogP contribution in [0.2, 0.25) is 0 Å². The molecule has 25 heavy (non-hydrogen) atoms. The van der Waals surface area contributed by atoms with Crippen LogP contribution < -0.4 is 5.32 Å². The topological polar surface area (TPSA) is 46.1 Å². The molecule has 1 saturated heterocycles. The molecule has 0 spiro atoms. The van der Waals surface area contributed by atoms with Gasteiger partial charge in [0.2, 0.25) is 0 Å². The highest BCUT2D eigenvalue weighted by Gasteiger charge is 2.24. The Balaban J connectivity index is 1.90. The molecule has 0 aliphatic carbocycles. The van der Waals surface area contributed by atoms with Crippen molar-refractivity contribution in [2.24, 2.45) is 10.9 Å². The first-order valence-corrected chi connectivity index (χ1v) is 9.47. The van der Waals surface area contributed by atoms with Crippen molar-refractivity contribution in [1.29, 1.82) is 0 Å². The second kappa shape index (κ2) is 10.7. The van der Waals surface area contributed by atoms with Crippen molar-refractivity contribution >= 4 is 21.9 Å². The van der Waals surface area contributed by atoms with E-state index in [0.29, 0.717) is 30.1 Å². The largest absolute Gasteiger partial charge is 0.382 e. The molecular weight excluding hydrogens is 389 g/mol. The fourth-order valence-electron chi connectivity index (χ4n) is 2.78. The molecule has 0 saturated carbocycles. The van der Waals surface area contributed by atoms with Gasteiger partial charge in [0, 0.05) is 32.7 Å². The van der Waals surface area contributed by atoms with E-state index in [9.17, 15) is 4.39 Å². The Bertz CT molecular complexity index is 571. The molecule has 0 amide bonds. The number of rotatable bonds is 8. The monoisotopic (exact) mass is 415 g/mol. The molecule has 7 heteroatoms. The minimum Gasteiger partial charge on any atom is -0.382 e. The molecule has 1 aliphatic rings. The minimum absolute atomic E-state index is 0.257. The van der Waals surface area contributed by atoms with Crippen molar-refractivity contribution in [2.75, 3.05) is 46.6 Å². The van der Waals surface area contributed by atoms with E-state index in [1.807, 2.05) is 6.07 Å². The zero-order chi connectivity index (χ0) is 18.1. The van der Waals surface area contributed by atoms with E-state index in [1.165, 1.54) is 6.07 Å². The smallest absolute Gasteiger partial charge is 0.194 e. The van der Waals surface area contributed by atoms with Crippen LogP contribution >= 0.6 is 15.9 Å². The average Bonchev–Trinajstić information content (AvgIpc) is 3.07. The summed E-state index contributed by atoms with van der Waals surface area (Å²) in [4.78, 5) is 6.92. The molecule has 1 aromatic carbocycles. The normalized spacial score (nSPS) is 18.0. The summed E-state index contributed by atoms with van der Waals surface area (Å²) in [6, 6.07) is 5.13. The Labute approximate surface area is 157 Å². The van der Waals surface area contributed by atoms with E-state index in [2.05, 4.69) is 38.1 Å². The van der Waals surface area contributed by atoms with Gasteiger partial charge in [0.1, 0.15) is 5.82 Å². The zero-order valence-corrected chi connectivity index (χ0v) is 16.5. The number of nitrogens with zero attached hydrogens (tertiary/aromatic N) is 2. The number of nitrogens with one attached hydrogen (secondary N) is 1. The second-order valence-electron chi connectivity index (χ2n) is 6.09. The van der Waals surface area contributed by atoms with Crippen LogP contribution in [0, 0.1) is 11.7 Å². The highest BCUT2D eigenvalue weighted by Crippen LogP contribution is 2.19. The van der Waals surface area contributed by atoms with Gasteiger partial charge in [0.15, 0.2) is 5.96 Å². The molecule has 140 valence electrons. The van der Waals surface area contributed by atoms with Crippen LogP contribution in [0.1, 0.15) is 18.9 Å². The van der Waals surface area contributed by atoms with E-state index < -0.39 is 0 Å². The van der Waals surface area contributed by atoms with Crippen molar-refractivity contribution in [2.45, 2.75) is 19.9 Å². The highest BCUT2D eigenvalue weighted by molar-refractivity contribution is 9.10. The first-order valence-electron chi connectivity index (χ1n) is 8.68. The number of aliphatic imine (C=N–C) groups is 1. The maximum atomic E-state index is 13.6. The SMILES string of the molecule is CCNC(=NCc1ccc(Br)c(F)c1)N1CCC(COCCOC)C1. The number of methoxy groups -OCH3 is 1. The van der Waals surface area contributed by atoms with Crippen molar-refractivity contribution in [3.8, 4) is 0 Å². The lowest BCUT2D eigenvalue weighted by molar-refractivity contribution is 0.0536. The standard InChI is InChI=1S/C18H27BrFN3O2/c1-3-21-18(22-11-14-4-5-16(19)17(20)10-14)23-7-6-15(12-23)13-25-9-8-24-2/h4-5,10,15H,3,6-9,11-13H2,1-2H3,(H,21,22). The molecule has 1 fully saturated rings. The number of hydrogen-bond acceptors (Lipinski definition) is 3. The lowest BCUT2D eigenvalue weighted by atomic mass is 10.1. The Morgan fingerprint density at radius 2 is 2.28 bits per heavy atom. The first-order chi connectivity index (χ1) is 12.1. The van der Waals surface area contributed by atoms with Crippen molar-refractivity contribution in [1.82, 2.24) is 10.2 Å². The van der Waals surface area contributed by atoms with Crippen LogP contribution in [-0.4, -0.2) is 57.4 Å². The van der Waals surface area contributed by atoms with Crippen molar-refractivity contribution in [3.63, 3.8) is 0 Å². The van der Waals surface area contributed by atoms with Gasteiger partial charge in [0.25, 0.3) is 0 Å². The van der Waals surface area contributed by atoms with Gasteiger partial charge >= 0.3 is 0 Å². The first kappa shape index (κ1) is 20.1. The van der Waals surface area contributed by atoms with E-state index in [0.717, 1.165) is 44.2 Å². The number of ether oxygens (including phenoxy) is 2. The lowest BCUT2D eigenvalue weighted by Crippen LogP contribution is -2.40. The lowest BCUT2D eigenvalue weighted by Gasteiger charge is -2.21. The number of hydrogen-bond donors (Lipinski definition) is 1. The predicted molar refractivity (Wildman–Crippen MR) is 101 cm³/mol. The van der Waals surface area contributed by atoms with Gasteiger partial charge in [-0.2, -0.15) is 0 Å². The maximum absolute atomic E-state index is 13.6. The van der Waals surface area contributed by atoms with Gasteiger partial charge in [-0.3, -0.25) is 0 Å². The van der Waals surface area contributed by atoms with Crippen molar-refractivity contribution < 1.29 is 13.9 Å². The van der Waals surface area contributed by atoms with Gasteiger partial charge in [-0.25, -0.2) is 9.38 Å². The molecular formula is C18H27BrFN3O2. The fourth-order valence-corrected chi connectivity index (χ4v) is 3.03. The summed E-state index contributed by atoms with van der Waals surface area (Å²) < 4.78 is 24.7. The third-order valence-electron chi connectivity index (χ3n) is 4.10. The van der Waals surface area contributed by atoms with E-state index in [-0.39, 0.29) is 5.82 Å². The van der Waals surface area contributed by atoms with Crippen LogP contribution in [0.15, 0.2) is 27.7 Å². The molecule has 1 aromatic rings. The number of halogens is 2. The fraction of sp³-hybridized carbons (Fsp3) is 0.611. The Morgan fingerprint density at radius 1 is 1.44 bits per heavy atom. The van der Waals surface area contributed by atoms with Crippen LogP contribution in [0.4, 0.5) is 4.39 Å². The summed E-state index contributed by atoms with van der Waals surface area (Å²) in [6.45, 7) is 7.21. The molecule has 2 rings (SSSR count). The molecule has 0 bridgehead atoms. The number of guanidine groups is 1. The summed E-state index contributed by atoms with van der Waals surface area (Å²) in [7, 11) is 1.68.